The molecular formula is C14H18O4. The molecular weight excluding hydrogens is 232 g/mol. The highest BCUT2D eigenvalue weighted by Crippen LogP contribution is 2.19. The quantitative estimate of drug-likeness (QED) is 0.769. The fourth-order valence-electron chi connectivity index (χ4n) is 1.84. The van der Waals surface area contributed by atoms with E-state index in [4.69, 9.17) is 4.74 Å². The summed E-state index contributed by atoms with van der Waals surface area (Å²) in [4.78, 5) is 23.2. The second-order valence-electron chi connectivity index (χ2n) is 4.08. The lowest BCUT2D eigenvalue weighted by Gasteiger charge is -2.12. The van der Waals surface area contributed by atoms with Crippen molar-refractivity contribution in [3.8, 4) is 0 Å². The first-order valence-electron chi connectivity index (χ1n) is 5.83. The molecule has 0 N–H and O–H groups in total. The number of hydrogen-bond donors (Lipinski definition) is 0. The van der Waals surface area contributed by atoms with Crippen molar-refractivity contribution in [1.82, 2.24) is 0 Å². The van der Waals surface area contributed by atoms with Crippen LogP contribution in [0.3, 0.4) is 0 Å². The van der Waals surface area contributed by atoms with Crippen LogP contribution in [0.5, 0.6) is 0 Å². The molecule has 0 saturated heterocycles. The topological polar surface area (TPSA) is 52.6 Å². The van der Waals surface area contributed by atoms with Crippen LogP contribution in [0.15, 0.2) is 12.1 Å². The molecule has 0 amide bonds. The number of methoxy groups -OCH3 is 1. The summed E-state index contributed by atoms with van der Waals surface area (Å²) in [6, 6.07) is 3.67. The highest BCUT2D eigenvalue weighted by Gasteiger charge is 2.18. The third-order valence-corrected chi connectivity index (χ3v) is 2.66. The van der Waals surface area contributed by atoms with Gasteiger partial charge in [-0.1, -0.05) is 6.07 Å². The van der Waals surface area contributed by atoms with E-state index in [2.05, 4.69) is 4.74 Å². The molecule has 0 aliphatic rings. The minimum Gasteiger partial charge on any atom is -0.469 e. The summed E-state index contributed by atoms with van der Waals surface area (Å²) in [6.45, 7) is 5.83. The van der Waals surface area contributed by atoms with Crippen molar-refractivity contribution in [3.05, 3.63) is 34.4 Å². The lowest BCUT2D eigenvalue weighted by atomic mass is 9.96. The average Bonchev–Trinajstić information content (AvgIpc) is 2.32. The summed E-state index contributed by atoms with van der Waals surface area (Å²) in [6.07, 6.45) is 0.0801. The zero-order valence-electron chi connectivity index (χ0n) is 11.2. The Bertz CT molecular complexity index is 463. The van der Waals surface area contributed by atoms with Crippen molar-refractivity contribution in [2.24, 2.45) is 0 Å². The van der Waals surface area contributed by atoms with Gasteiger partial charge in [0.1, 0.15) is 0 Å². The zero-order valence-corrected chi connectivity index (χ0v) is 11.2. The number of rotatable bonds is 4. The van der Waals surface area contributed by atoms with Gasteiger partial charge in [-0.15, -0.1) is 0 Å². The third kappa shape index (κ3) is 3.32. The Hall–Kier alpha value is -1.84. The van der Waals surface area contributed by atoms with Gasteiger partial charge in [0.05, 0.1) is 25.7 Å². The predicted octanol–water partition coefficient (Wildman–Crippen LogP) is 2.20. The molecule has 0 atom stereocenters. The summed E-state index contributed by atoms with van der Waals surface area (Å²) >= 11 is 0. The Balaban J connectivity index is 3.20. The monoisotopic (exact) mass is 250 g/mol. The van der Waals surface area contributed by atoms with Gasteiger partial charge in [0, 0.05) is 0 Å². The number of aryl methyl sites for hydroxylation is 2. The minimum absolute atomic E-state index is 0.0801. The SMILES string of the molecule is CCOC(=O)c1cc(C)cc(C)c1CC(=O)OC. The number of carbonyl (C=O) groups is 2. The standard InChI is InChI=1S/C14H18O4/c1-5-18-14(16)12-7-9(2)6-10(3)11(12)8-13(15)17-4/h6-7H,5,8H2,1-4H3. The van der Waals surface area contributed by atoms with Crippen LogP contribution in [0.1, 0.15) is 34.0 Å². The minimum atomic E-state index is -0.400. The molecule has 0 aliphatic carbocycles. The number of benzene rings is 1. The highest BCUT2D eigenvalue weighted by molar-refractivity contribution is 5.93. The first-order valence-corrected chi connectivity index (χ1v) is 5.83. The van der Waals surface area contributed by atoms with Crippen LogP contribution in [0.2, 0.25) is 0 Å². The van der Waals surface area contributed by atoms with Gasteiger partial charge >= 0.3 is 11.9 Å². The molecule has 18 heavy (non-hydrogen) atoms. The molecule has 0 spiro atoms. The maximum absolute atomic E-state index is 11.9. The van der Waals surface area contributed by atoms with Crippen LogP contribution in [-0.2, 0) is 20.7 Å². The highest BCUT2D eigenvalue weighted by atomic mass is 16.5. The number of hydrogen-bond acceptors (Lipinski definition) is 4. The zero-order chi connectivity index (χ0) is 13.7. The summed E-state index contributed by atoms with van der Waals surface area (Å²) in [5.74, 6) is -0.768. The van der Waals surface area contributed by atoms with Gasteiger partial charge in [-0.3, -0.25) is 4.79 Å². The molecule has 0 heterocycles. The van der Waals surface area contributed by atoms with Crippen LogP contribution < -0.4 is 0 Å². The van der Waals surface area contributed by atoms with E-state index in [0.29, 0.717) is 17.7 Å². The van der Waals surface area contributed by atoms with E-state index in [9.17, 15) is 9.59 Å². The number of ether oxygens (including phenoxy) is 2. The van der Waals surface area contributed by atoms with E-state index in [0.717, 1.165) is 11.1 Å². The Kier molecular flexibility index (Phi) is 4.89. The van der Waals surface area contributed by atoms with Crippen molar-refractivity contribution in [2.75, 3.05) is 13.7 Å². The second kappa shape index (κ2) is 6.19. The second-order valence-corrected chi connectivity index (χ2v) is 4.08. The van der Waals surface area contributed by atoms with E-state index in [1.54, 1.807) is 13.0 Å². The molecule has 4 heteroatoms. The van der Waals surface area contributed by atoms with Crippen molar-refractivity contribution >= 4 is 11.9 Å². The normalized spacial score (nSPS) is 10.0. The van der Waals surface area contributed by atoms with Crippen LogP contribution in [0, 0.1) is 13.8 Å². The van der Waals surface area contributed by atoms with Crippen LogP contribution in [0.25, 0.3) is 0 Å². The maximum Gasteiger partial charge on any atom is 0.338 e. The van der Waals surface area contributed by atoms with E-state index >= 15 is 0 Å². The number of esters is 2. The van der Waals surface area contributed by atoms with Crippen molar-refractivity contribution in [2.45, 2.75) is 27.2 Å². The Morgan fingerprint density at radius 1 is 1.22 bits per heavy atom. The smallest absolute Gasteiger partial charge is 0.338 e. The van der Waals surface area contributed by atoms with Crippen molar-refractivity contribution < 1.29 is 19.1 Å². The molecule has 0 fully saturated rings. The van der Waals surface area contributed by atoms with Crippen molar-refractivity contribution in [3.63, 3.8) is 0 Å². The van der Waals surface area contributed by atoms with Gasteiger partial charge < -0.3 is 9.47 Å². The Morgan fingerprint density at radius 3 is 2.44 bits per heavy atom. The van der Waals surface area contributed by atoms with Gasteiger partial charge in [-0.25, -0.2) is 4.79 Å². The lowest BCUT2D eigenvalue weighted by Crippen LogP contribution is -2.14. The summed E-state index contributed by atoms with van der Waals surface area (Å²) < 4.78 is 9.65. The molecule has 1 rings (SSSR count). The van der Waals surface area contributed by atoms with Gasteiger partial charge in [0.2, 0.25) is 0 Å². The van der Waals surface area contributed by atoms with Gasteiger partial charge in [-0.05, 0) is 43.5 Å². The van der Waals surface area contributed by atoms with E-state index < -0.39 is 5.97 Å². The first-order chi connectivity index (χ1) is 8.49. The molecule has 0 bridgehead atoms. The van der Waals surface area contributed by atoms with Crippen molar-refractivity contribution in [1.29, 1.82) is 0 Å². The van der Waals surface area contributed by atoms with E-state index in [-0.39, 0.29) is 12.4 Å². The molecule has 1 aromatic carbocycles. The van der Waals surface area contributed by atoms with E-state index in [1.807, 2.05) is 19.9 Å². The van der Waals surface area contributed by atoms with E-state index in [1.165, 1.54) is 7.11 Å². The largest absolute Gasteiger partial charge is 0.469 e. The van der Waals surface area contributed by atoms with Crippen LogP contribution in [-0.4, -0.2) is 25.7 Å². The van der Waals surface area contributed by atoms with Gasteiger partial charge in [0.25, 0.3) is 0 Å². The Morgan fingerprint density at radius 2 is 1.89 bits per heavy atom. The predicted molar refractivity (Wildman–Crippen MR) is 67.6 cm³/mol. The molecule has 0 radical (unpaired) electrons. The fourth-order valence-corrected chi connectivity index (χ4v) is 1.84. The van der Waals surface area contributed by atoms with Crippen LogP contribution >= 0.6 is 0 Å². The summed E-state index contributed by atoms with van der Waals surface area (Å²) in [5, 5.41) is 0. The molecule has 4 nitrogen and oxygen atoms in total. The Labute approximate surface area is 107 Å². The summed E-state index contributed by atoms with van der Waals surface area (Å²) in [5.41, 5.74) is 2.97. The molecule has 98 valence electrons. The lowest BCUT2D eigenvalue weighted by molar-refractivity contribution is -0.139. The average molecular weight is 250 g/mol. The molecule has 0 aromatic heterocycles. The first kappa shape index (κ1) is 14.2. The van der Waals surface area contributed by atoms with Gasteiger partial charge in [-0.2, -0.15) is 0 Å². The molecule has 1 aromatic rings. The third-order valence-electron chi connectivity index (χ3n) is 2.66. The maximum atomic E-state index is 11.9. The molecule has 0 aliphatic heterocycles. The molecule has 0 unspecified atom stereocenters. The van der Waals surface area contributed by atoms with Crippen LogP contribution in [0.4, 0.5) is 0 Å². The fraction of sp³-hybridized carbons (Fsp3) is 0.429. The number of carbonyl (C=O) groups excluding carboxylic acids is 2. The molecule has 0 saturated carbocycles. The van der Waals surface area contributed by atoms with Gasteiger partial charge in [0.15, 0.2) is 0 Å². The summed E-state index contributed by atoms with van der Waals surface area (Å²) in [7, 11) is 1.33.